The maximum Gasteiger partial charge on any atom is 0.410 e. The molecule has 1 aromatic carbocycles. The van der Waals surface area contributed by atoms with Crippen LogP contribution in [0.5, 0.6) is 0 Å². The Labute approximate surface area is 733 Å². The average molecular weight is 1670 g/mol. The van der Waals surface area contributed by atoms with E-state index in [0.717, 1.165) is 94.1 Å². The first kappa shape index (κ1) is 97.8. The molecule has 14 fully saturated rings. The Morgan fingerprint density at radius 2 is 0.642 bits per heavy atom. The van der Waals surface area contributed by atoms with Crippen LogP contribution in [0, 0.1) is 35.0 Å². The van der Waals surface area contributed by atoms with Crippen molar-refractivity contribution in [1.29, 1.82) is 0 Å². The summed E-state index contributed by atoms with van der Waals surface area (Å²) in [7, 11) is 0. The SMILES string of the molecule is CC(C)(OC(=O)N(C1CCCCC1)C1CCCCC1)C12CC3CC(CC(C3)C1)C2.CC(C)(OC(=O)N(C1CCCCC1)C1CCCCC1)C1CCCC1.CC(OC(=O)N(C1CCCCC1)C1CCCCC1)c1ccccc1.CCC(C)(C)OC(=O)N(C1CCCCC1)C1CCCCC1.CCCCCCCCCNC(=O)OC(C)(C)C1CCCCC1. The third-order valence-corrected chi connectivity index (χ3v) is 32.7. The Balaban J connectivity index is 0.000000158. The molecule has 0 heterocycles. The zero-order chi connectivity index (χ0) is 85.4. The van der Waals surface area contributed by atoms with E-state index >= 15 is 0 Å². The van der Waals surface area contributed by atoms with Gasteiger partial charge in [0.2, 0.25) is 0 Å². The van der Waals surface area contributed by atoms with Gasteiger partial charge >= 0.3 is 30.5 Å². The van der Waals surface area contributed by atoms with Crippen molar-refractivity contribution < 1.29 is 47.7 Å². The largest absolute Gasteiger partial charge is 0.443 e. The third-order valence-electron chi connectivity index (χ3n) is 32.7. The lowest BCUT2D eigenvalue weighted by Crippen LogP contribution is -2.59. The molecule has 1 aromatic rings. The summed E-state index contributed by atoms with van der Waals surface area (Å²) in [4.78, 5) is 73.5. The van der Waals surface area contributed by atoms with Crippen molar-refractivity contribution in [2.24, 2.45) is 35.0 Å². The van der Waals surface area contributed by atoms with Gasteiger partial charge in [-0.2, -0.15) is 0 Å². The van der Waals surface area contributed by atoms with Crippen molar-refractivity contribution in [2.45, 2.75) is 558 Å². The van der Waals surface area contributed by atoms with Crippen molar-refractivity contribution in [3.63, 3.8) is 0 Å². The maximum atomic E-state index is 13.8. The number of unbranched alkanes of at least 4 members (excludes halogenated alkanes) is 6. The maximum absolute atomic E-state index is 13.8. The first-order valence-electron chi connectivity index (χ1n) is 51.9. The highest BCUT2D eigenvalue weighted by Crippen LogP contribution is 2.64. The second-order valence-electron chi connectivity index (χ2n) is 43.3. The van der Waals surface area contributed by atoms with E-state index in [4.69, 9.17) is 23.7 Å². The van der Waals surface area contributed by atoms with Gasteiger partial charge < -0.3 is 48.6 Å². The summed E-state index contributed by atoms with van der Waals surface area (Å²) in [6, 6.07) is 13.4. The minimum absolute atomic E-state index is 0.00861. The highest BCUT2D eigenvalue weighted by molar-refractivity contribution is 5.71. The summed E-state index contributed by atoms with van der Waals surface area (Å²) in [5.41, 5.74) is -0.0133. The zero-order valence-electron chi connectivity index (χ0n) is 79.1. The van der Waals surface area contributed by atoms with Crippen LogP contribution in [0.15, 0.2) is 30.3 Å². The molecule has 120 heavy (non-hydrogen) atoms. The van der Waals surface area contributed by atoms with Crippen molar-refractivity contribution in [3.8, 4) is 0 Å². The number of ether oxygens (including phenoxy) is 5. The fourth-order valence-electron chi connectivity index (χ4n) is 25.3. The van der Waals surface area contributed by atoms with Gasteiger partial charge in [-0.1, -0.05) is 269 Å². The van der Waals surface area contributed by atoms with Gasteiger partial charge in [-0.3, -0.25) is 0 Å². The summed E-state index contributed by atoms with van der Waals surface area (Å²) in [6.07, 6.45) is 78.2. The Kier molecular flexibility index (Phi) is 40.4. The van der Waals surface area contributed by atoms with Gasteiger partial charge in [0, 0.05) is 60.3 Å². The number of amides is 5. The third kappa shape index (κ3) is 29.9. The molecular formula is C105H181N5O10. The lowest BCUT2D eigenvalue weighted by Gasteiger charge is -2.61. The number of rotatable bonds is 26. The van der Waals surface area contributed by atoms with Crippen molar-refractivity contribution >= 4 is 30.5 Å². The van der Waals surface area contributed by atoms with Crippen molar-refractivity contribution in [2.75, 3.05) is 6.54 Å². The monoisotopic (exact) mass is 1670 g/mol. The number of nitrogens with one attached hydrogen (secondary N) is 1. The van der Waals surface area contributed by atoms with Gasteiger partial charge in [-0.15, -0.1) is 0 Å². The van der Waals surface area contributed by atoms with Crippen molar-refractivity contribution in [1.82, 2.24) is 24.9 Å². The number of hydrogen-bond donors (Lipinski definition) is 1. The molecule has 4 bridgehead atoms. The predicted octanol–water partition coefficient (Wildman–Crippen LogP) is 30.1. The molecule has 5 amide bonds. The molecule has 14 aliphatic carbocycles. The normalized spacial score (nSPS) is 25.3. The highest BCUT2D eigenvalue weighted by atomic mass is 16.6. The van der Waals surface area contributed by atoms with Crippen LogP contribution >= 0.6 is 0 Å². The summed E-state index contributed by atoms with van der Waals surface area (Å²) >= 11 is 0. The van der Waals surface area contributed by atoms with E-state index in [1.54, 1.807) is 0 Å². The number of carbonyl (C=O) groups is 5. The average Bonchev–Trinajstić information content (AvgIpc) is 0.816. The number of benzene rings is 1. The minimum Gasteiger partial charge on any atom is -0.443 e. The quantitative estimate of drug-likeness (QED) is 0.0699. The molecule has 686 valence electrons. The van der Waals surface area contributed by atoms with Crippen LogP contribution in [-0.4, -0.2) is 127 Å². The van der Waals surface area contributed by atoms with Crippen LogP contribution in [-0.2, 0) is 23.7 Å². The van der Waals surface area contributed by atoms with E-state index in [1.807, 2.05) is 51.1 Å². The van der Waals surface area contributed by atoms with Gasteiger partial charge in [-0.05, 0) is 277 Å². The standard InChI is InChI=1S/C26H43NO2.C21H37NO2.C21H31NO2.C19H37NO2.C18H33NO2/c1-25(2,26-16-19-13-20(17-26)15-21(14-19)18-26)29-24(28)27(22-9-5-3-6-10-22)23-11-7-4-8-12-23;1-21(2,17-11-9-10-12-17)24-20(23)22(18-13-5-3-6-14-18)19-15-7-4-8-16-19;1-17(18-11-5-2-6-12-18)24-21(23)22(19-13-7-3-8-14-19)20-15-9-4-10-16-20;1-4-5-6-7-8-9-13-16-20-18(21)22-19(2,3)17-14-11-10-12-15-17;1-4-18(2,3)21-17(20)19(15-11-7-5-8-12-15)16-13-9-6-10-14-16/h19-23H,3-18H2,1-2H3;17-19H,3-16H2,1-2H3;2,5-6,11-12,17,19-20H,3-4,7-10,13-16H2,1H3;17H,4-16H2,1-3H3,(H,20,21);15-16H,4-14H2,1-3H3. The van der Waals surface area contributed by atoms with Crippen LogP contribution in [0.25, 0.3) is 0 Å². The number of alkyl carbamates (subject to hydrolysis) is 1. The van der Waals surface area contributed by atoms with E-state index in [-0.39, 0.29) is 64.4 Å². The topological polar surface area (TPSA) is 156 Å². The number of hydrogen-bond acceptors (Lipinski definition) is 10. The molecule has 0 aliphatic heterocycles. The molecule has 15 heteroatoms. The van der Waals surface area contributed by atoms with E-state index in [2.05, 4.69) is 80.3 Å². The van der Waals surface area contributed by atoms with Gasteiger partial charge in [0.15, 0.2) is 0 Å². The Bertz CT molecular complexity index is 2950. The molecule has 0 saturated heterocycles. The molecule has 14 aliphatic rings. The Hall–Kier alpha value is -4.43. The molecule has 15 rings (SSSR count). The summed E-state index contributed by atoms with van der Waals surface area (Å²) in [5, 5.41) is 2.92. The van der Waals surface area contributed by atoms with Crippen LogP contribution < -0.4 is 5.32 Å². The minimum atomic E-state index is -0.349. The van der Waals surface area contributed by atoms with Crippen molar-refractivity contribution in [3.05, 3.63) is 35.9 Å². The lowest BCUT2D eigenvalue weighted by molar-refractivity contribution is -0.169. The molecule has 0 spiro atoms. The predicted molar refractivity (Wildman–Crippen MR) is 491 cm³/mol. The molecule has 15 nitrogen and oxygen atoms in total. The second kappa shape index (κ2) is 49.6. The van der Waals surface area contributed by atoms with E-state index in [1.165, 1.54) is 340 Å². The van der Waals surface area contributed by atoms with E-state index in [9.17, 15) is 24.0 Å². The lowest BCUT2D eigenvalue weighted by atomic mass is 9.46. The summed E-state index contributed by atoms with van der Waals surface area (Å²) in [5.74, 6) is 3.75. The van der Waals surface area contributed by atoms with E-state index in [0.29, 0.717) is 60.2 Å². The Morgan fingerprint density at radius 1 is 0.358 bits per heavy atom. The molecule has 0 aromatic heterocycles. The number of nitrogens with zero attached hydrogens (tertiary/aromatic N) is 4. The van der Waals surface area contributed by atoms with Crippen LogP contribution in [0.3, 0.4) is 0 Å². The highest BCUT2D eigenvalue weighted by Gasteiger charge is 2.59. The molecule has 0 radical (unpaired) electrons. The fraction of sp³-hybridized carbons (Fsp3) is 0.895. The smallest absolute Gasteiger partial charge is 0.410 e. The summed E-state index contributed by atoms with van der Waals surface area (Å²) < 4.78 is 30.2. The molecular weight excluding hydrogens is 1490 g/mol. The van der Waals surface area contributed by atoms with Gasteiger partial charge in [0.1, 0.15) is 28.5 Å². The Morgan fingerprint density at radius 3 is 0.975 bits per heavy atom. The van der Waals surface area contributed by atoms with Gasteiger partial charge in [0.25, 0.3) is 0 Å². The fourth-order valence-corrected chi connectivity index (χ4v) is 25.3. The van der Waals surface area contributed by atoms with Crippen LogP contribution in [0.1, 0.15) is 492 Å². The van der Waals surface area contributed by atoms with Crippen LogP contribution in [0.2, 0.25) is 0 Å². The van der Waals surface area contributed by atoms with E-state index < -0.39 is 0 Å². The second-order valence-corrected chi connectivity index (χ2v) is 43.3. The molecule has 1 unspecified atom stereocenters. The zero-order valence-corrected chi connectivity index (χ0v) is 79.1. The van der Waals surface area contributed by atoms with Gasteiger partial charge in [-0.25, -0.2) is 24.0 Å². The molecule has 1 N–H and O–H groups in total. The molecule has 1 atom stereocenters. The summed E-state index contributed by atoms with van der Waals surface area (Å²) in [6.45, 7) is 24.0. The van der Waals surface area contributed by atoms with Crippen LogP contribution in [0.4, 0.5) is 24.0 Å². The first-order valence-corrected chi connectivity index (χ1v) is 51.9. The molecule has 14 saturated carbocycles. The number of carbonyl (C=O) groups excluding carboxylic acids is 5. The van der Waals surface area contributed by atoms with Gasteiger partial charge in [0.05, 0.1) is 0 Å². The first-order chi connectivity index (χ1) is 57.9.